The molecule has 8 heteroatoms. The summed E-state index contributed by atoms with van der Waals surface area (Å²) in [4.78, 5) is 24.1. The van der Waals surface area contributed by atoms with E-state index in [0.29, 0.717) is 17.1 Å². The van der Waals surface area contributed by atoms with Gasteiger partial charge in [0.2, 0.25) is 21.8 Å². The highest BCUT2D eigenvalue weighted by Gasteiger charge is 2.31. The van der Waals surface area contributed by atoms with Gasteiger partial charge in [-0.2, -0.15) is 0 Å². The van der Waals surface area contributed by atoms with Gasteiger partial charge in [-0.05, 0) is 43.7 Å². The predicted octanol–water partition coefficient (Wildman–Crippen LogP) is 3.14. The first-order chi connectivity index (χ1) is 13.1. The number of benzene rings is 2. The molecule has 2 amide bonds. The summed E-state index contributed by atoms with van der Waals surface area (Å²) in [5.74, 6) is -0.675. The maximum absolute atomic E-state index is 12.9. The third-order valence-electron chi connectivity index (χ3n) is 4.07. The number of hydrogen-bond acceptors (Lipinski definition) is 4. The lowest BCUT2D eigenvalue weighted by Crippen LogP contribution is -2.47. The minimum atomic E-state index is -3.69. The fraction of sp³-hybridized carbons (Fsp3) is 0.300. The molecular formula is C20H25N3O4S. The predicted molar refractivity (Wildman–Crippen MR) is 112 cm³/mol. The fourth-order valence-electron chi connectivity index (χ4n) is 2.86. The molecule has 1 atom stereocenters. The number of hydrogen-bond donors (Lipinski definition) is 2. The Bertz CT molecular complexity index is 956. The van der Waals surface area contributed by atoms with Crippen molar-refractivity contribution in [1.29, 1.82) is 0 Å². The Labute approximate surface area is 165 Å². The van der Waals surface area contributed by atoms with Gasteiger partial charge in [0.1, 0.15) is 6.04 Å². The highest BCUT2D eigenvalue weighted by molar-refractivity contribution is 7.92. The zero-order chi connectivity index (χ0) is 20.9. The Hall–Kier alpha value is -2.87. The topological polar surface area (TPSA) is 95.6 Å². The summed E-state index contributed by atoms with van der Waals surface area (Å²) in [6.45, 7) is 5.05. The van der Waals surface area contributed by atoms with Crippen molar-refractivity contribution in [2.75, 3.05) is 21.2 Å². The molecule has 0 radical (unpaired) electrons. The summed E-state index contributed by atoms with van der Waals surface area (Å²) in [5, 5.41) is 5.39. The van der Waals surface area contributed by atoms with Crippen molar-refractivity contribution in [3.63, 3.8) is 0 Å². The molecular weight excluding hydrogens is 378 g/mol. The Morgan fingerprint density at radius 1 is 1.04 bits per heavy atom. The normalized spacial score (nSPS) is 12.1. The molecule has 2 aromatic rings. The van der Waals surface area contributed by atoms with Crippen LogP contribution >= 0.6 is 0 Å². The van der Waals surface area contributed by atoms with E-state index in [4.69, 9.17) is 0 Å². The van der Waals surface area contributed by atoms with Crippen LogP contribution < -0.4 is 14.9 Å². The molecule has 0 heterocycles. The zero-order valence-corrected chi connectivity index (χ0v) is 17.2. The third-order valence-corrected chi connectivity index (χ3v) is 5.25. The lowest BCUT2D eigenvalue weighted by atomic mass is 10.1. The standard InChI is InChI=1S/C20H25N3O4S/c1-5-19(23(28(4,26)27)18-11-9-14(2)10-12-18)20(25)22-17-8-6-7-16(13-17)21-15(3)24/h6-13,19H,5H2,1-4H3,(H,21,24)(H,22,25). The van der Waals surface area contributed by atoms with E-state index in [1.807, 2.05) is 6.92 Å². The molecule has 0 spiro atoms. The van der Waals surface area contributed by atoms with Crippen LogP contribution in [-0.4, -0.2) is 32.5 Å². The van der Waals surface area contributed by atoms with E-state index in [2.05, 4.69) is 10.6 Å². The number of carbonyl (C=O) groups is 2. The second kappa shape index (κ2) is 8.88. The maximum Gasteiger partial charge on any atom is 0.248 e. The van der Waals surface area contributed by atoms with Crippen molar-refractivity contribution in [2.24, 2.45) is 0 Å². The van der Waals surface area contributed by atoms with Crippen LogP contribution in [0.4, 0.5) is 17.1 Å². The van der Waals surface area contributed by atoms with Gasteiger partial charge in [0.05, 0.1) is 11.9 Å². The number of nitrogens with one attached hydrogen (secondary N) is 2. The van der Waals surface area contributed by atoms with E-state index < -0.39 is 22.0 Å². The van der Waals surface area contributed by atoms with Crippen LogP contribution in [0, 0.1) is 6.92 Å². The highest BCUT2D eigenvalue weighted by atomic mass is 32.2. The van der Waals surface area contributed by atoms with Crippen molar-refractivity contribution in [1.82, 2.24) is 0 Å². The molecule has 0 aliphatic rings. The molecule has 7 nitrogen and oxygen atoms in total. The fourth-order valence-corrected chi connectivity index (χ4v) is 4.07. The Morgan fingerprint density at radius 3 is 2.11 bits per heavy atom. The van der Waals surface area contributed by atoms with Gasteiger partial charge in [0, 0.05) is 18.3 Å². The summed E-state index contributed by atoms with van der Waals surface area (Å²) in [6, 6.07) is 12.7. The van der Waals surface area contributed by atoms with E-state index in [0.717, 1.165) is 16.1 Å². The molecule has 1 unspecified atom stereocenters. The maximum atomic E-state index is 12.9. The first-order valence-corrected chi connectivity index (χ1v) is 10.7. The third kappa shape index (κ3) is 5.56. The van der Waals surface area contributed by atoms with Crippen molar-refractivity contribution in [3.05, 3.63) is 54.1 Å². The van der Waals surface area contributed by atoms with E-state index in [1.54, 1.807) is 55.5 Å². The molecule has 0 aliphatic heterocycles. The summed E-state index contributed by atoms with van der Waals surface area (Å²) in [5.41, 5.74) is 2.43. The average molecular weight is 404 g/mol. The number of aryl methyl sites for hydroxylation is 1. The Morgan fingerprint density at radius 2 is 1.61 bits per heavy atom. The van der Waals surface area contributed by atoms with E-state index in [-0.39, 0.29) is 12.3 Å². The van der Waals surface area contributed by atoms with E-state index in [9.17, 15) is 18.0 Å². The van der Waals surface area contributed by atoms with Crippen LogP contribution in [0.1, 0.15) is 25.8 Å². The molecule has 28 heavy (non-hydrogen) atoms. The monoisotopic (exact) mass is 403 g/mol. The molecule has 0 saturated carbocycles. The van der Waals surface area contributed by atoms with Gasteiger partial charge in [-0.25, -0.2) is 8.42 Å². The lowest BCUT2D eigenvalue weighted by molar-refractivity contribution is -0.117. The van der Waals surface area contributed by atoms with Crippen molar-refractivity contribution < 1.29 is 18.0 Å². The molecule has 0 aromatic heterocycles. The van der Waals surface area contributed by atoms with Crippen LogP contribution in [0.2, 0.25) is 0 Å². The van der Waals surface area contributed by atoms with E-state index in [1.165, 1.54) is 6.92 Å². The van der Waals surface area contributed by atoms with Gasteiger partial charge < -0.3 is 10.6 Å². The lowest BCUT2D eigenvalue weighted by Gasteiger charge is -2.30. The first kappa shape index (κ1) is 21.4. The van der Waals surface area contributed by atoms with Crippen LogP contribution in [0.3, 0.4) is 0 Å². The van der Waals surface area contributed by atoms with Gasteiger partial charge in [0.25, 0.3) is 0 Å². The second-order valence-electron chi connectivity index (χ2n) is 6.57. The first-order valence-electron chi connectivity index (χ1n) is 8.86. The van der Waals surface area contributed by atoms with Crippen LogP contribution in [0.5, 0.6) is 0 Å². The second-order valence-corrected chi connectivity index (χ2v) is 8.43. The molecule has 2 aromatic carbocycles. The molecule has 2 N–H and O–H groups in total. The number of amides is 2. The average Bonchev–Trinajstić information content (AvgIpc) is 2.59. The molecule has 0 fully saturated rings. The van der Waals surface area contributed by atoms with Crippen LogP contribution in [0.15, 0.2) is 48.5 Å². The minimum absolute atomic E-state index is 0.225. The summed E-state index contributed by atoms with van der Waals surface area (Å²) in [6.07, 6.45) is 1.37. The van der Waals surface area contributed by atoms with Crippen molar-refractivity contribution >= 4 is 38.9 Å². The minimum Gasteiger partial charge on any atom is -0.326 e. The highest BCUT2D eigenvalue weighted by Crippen LogP contribution is 2.24. The molecule has 0 aliphatic carbocycles. The van der Waals surface area contributed by atoms with Crippen molar-refractivity contribution in [2.45, 2.75) is 33.2 Å². The summed E-state index contributed by atoms with van der Waals surface area (Å²) in [7, 11) is -3.69. The van der Waals surface area contributed by atoms with Gasteiger partial charge in [-0.15, -0.1) is 0 Å². The number of sulfonamides is 1. The number of carbonyl (C=O) groups excluding carboxylic acids is 2. The van der Waals surface area contributed by atoms with Gasteiger partial charge in [0.15, 0.2) is 0 Å². The largest absolute Gasteiger partial charge is 0.326 e. The number of rotatable bonds is 7. The quantitative estimate of drug-likeness (QED) is 0.742. The Balaban J connectivity index is 2.32. The van der Waals surface area contributed by atoms with Gasteiger partial charge in [-0.3, -0.25) is 13.9 Å². The summed E-state index contributed by atoms with van der Waals surface area (Å²) < 4.78 is 26.0. The smallest absolute Gasteiger partial charge is 0.248 e. The molecule has 2 rings (SSSR count). The Kier molecular flexibility index (Phi) is 6.80. The zero-order valence-electron chi connectivity index (χ0n) is 16.4. The van der Waals surface area contributed by atoms with Crippen molar-refractivity contribution in [3.8, 4) is 0 Å². The molecule has 150 valence electrons. The van der Waals surface area contributed by atoms with E-state index >= 15 is 0 Å². The van der Waals surface area contributed by atoms with Gasteiger partial charge in [-0.1, -0.05) is 30.7 Å². The van der Waals surface area contributed by atoms with Gasteiger partial charge >= 0.3 is 0 Å². The molecule has 0 bridgehead atoms. The van der Waals surface area contributed by atoms with Crippen LogP contribution in [-0.2, 0) is 19.6 Å². The molecule has 0 saturated heterocycles. The number of anilines is 3. The van der Waals surface area contributed by atoms with Crippen LogP contribution in [0.25, 0.3) is 0 Å². The number of nitrogens with zero attached hydrogens (tertiary/aromatic N) is 1. The SMILES string of the molecule is CCC(C(=O)Nc1cccc(NC(C)=O)c1)N(c1ccc(C)cc1)S(C)(=O)=O. The summed E-state index contributed by atoms with van der Waals surface area (Å²) >= 11 is 0.